The summed E-state index contributed by atoms with van der Waals surface area (Å²) in [6.45, 7) is 4.41. The van der Waals surface area contributed by atoms with E-state index in [2.05, 4.69) is 49.7 Å². The van der Waals surface area contributed by atoms with Crippen LogP contribution in [0.3, 0.4) is 0 Å². The molecule has 4 heteroatoms. The van der Waals surface area contributed by atoms with Gasteiger partial charge < -0.3 is 4.74 Å². The van der Waals surface area contributed by atoms with Gasteiger partial charge in [-0.15, -0.1) is 0 Å². The van der Waals surface area contributed by atoms with Crippen LogP contribution in [0, 0.1) is 0 Å². The van der Waals surface area contributed by atoms with E-state index in [1.54, 1.807) is 7.11 Å². The van der Waals surface area contributed by atoms with Crippen molar-refractivity contribution in [2.45, 2.75) is 43.6 Å². The van der Waals surface area contributed by atoms with Gasteiger partial charge in [-0.25, -0.2) is 0 Å². The van der Waals surface area contributed by atoms with Gasteiger partial charge in [0.2, 0.25) is 0 Å². The smallest absolute Gasteiger partial charge is 0.123 e. The lowest BCUT2D eigenvalue weighted by molar-refractivity contribution is 0.232. The molecule has 2 nitrogen and oxygen atoms in total. The lowest BCUT2D eigenvalue weighted by Crippen LogP contribution is -2.30. The zero-order valence-corrected chi connectivity index (χ0v) is 14.7. The molecule has 0 bridgehead atoms. The maximum atomic E-state index is 5.47. The van der Waals surface area contributed by atoms with Crippen molar-refractivity contribution >= 4 is 31.9 Å². The average Bonchev–Trinajstić information content (AvgIpc) is 2.76. The van der Waals surface area contributed by atoms with E-state index >= 15 is 0 Å². The highest BCUT2D eigenvalue weighted by atomic mass is 79.9. The van der Waals surface area contributed by atoms with E-state index in [4.69, 9.17) is 4.74 Å². The molecule has 2 rings (SSSR count). The van der Waals surface area contributed by atoms with E-state index < -0.39 is 0 Å². The number of ether oxygens (including phenoxy) is 1. The second-order valence-electron chi connectivity index (χ2n) is 5.24. The van der Waals surface area contributed by atoms with Crippen LogP contribution in [0.25, 0.3) is 0 Å². The molecule has 1 fully saturated rings. The minimum Gasteiger partial charge on any atom is -0.496 e. The Morgan fingerprint density at radius 3 is 2.95 bits per heavy atom. The maximum absolute atomic E-state index is 5.47. The molecular weight excluding hydrogens is 370 g/mol. The highest BCUT2D eigenvalue weighted by Crippen LogP contribution is 2.29. The standard InChI is InChI=1S/C15H21Br2NO/c1-11(16)8-14-4-3-7-18(14)10-12-9-13(17)5-6-15(12)19-2/h5-6,9,11,14H,3-4,7-8,10H2,1-2H3. The van der Waals surface area contributed by atoms with E-state index in [0.717, 1.165) is 16.8 Å². The van der Waals surface area contributed by atoms with Gasteiger partial charge in [0, 0.05) is 27.4 Å². The van der Waals surface area contributed by atoms with Crippen molar-refractivity contribution in [1.82, 2.24) is 4.90 Å². The monoisotopic (exact) mass is 389 g/mol. The van der Waals surface area contributed by atoms with Crippen LogP contribution < -0.4 is 4.74 Å². The van der Waals surface area contributed by atoms with Crippen LogP contribution in [0.1, 0.15) is 31.7 Å². The van der Waals surface area contributed by atoms with E-state index in [1.807, 2.05) is 12.1 Å². The first-order chi connectivity index (χ1) is 9.10. The number of hydrogen-bond acceptors (Lipinski definition) is 2. The largest absolute Gasteiger partial charge is 0.496 e. The minimum atomic E-state index is 0.586. The molecule has 0 saturated carbocycles. The molecule has 1 aliphatic rings. The van der Waals surface area contributed by atoms with Crippen LogP contribution in [-0.4, -0.2) is 29.4 Å². The van der Waals surface area contributed by atoms with Crippen molar-refractivity contribution in [3.8, 4) is 5.75 Å². The molecule has 2 atom stereocenters. The van der Waals surface area contributed by atoms with E-state index in [-0.39, 0.29) is 0 Å². The van der Waals surface area contributed by atoms with Crippen LogP contribution in [0.5, 0.6) is 5.75 Å². The molecular formula is C15H21Br2NO. The van der Waals surface area contributed by atoms with E-state index in [9.17, 15) is 0 Å². The molecule has 0 spiro atoms. The van der Waals surface area contributed by atoms with Crippen molar-refractivity contribution in [1.29, 1.82) is 0 Å². The number of likely N-dealkylation sites (tertiary alicyclic amines) is 1. The summed E-state index contributed by atoms with van der Waals surface area (Å²) in [5.41, 5.74) is 1.27. The van der Waals surface area contributed by atoms with E-state index in [1.165, 1.54) is 31.4 Å². The quantitative estimate of drug-likeness (QED) is 0.681. The fourth-order valence-corrected chi connectivity index (χ4v) is 3.67. The lowest BCUT2D eigenvalue weighted by atomic mass is 10.1. The van der Waals surface area contributed by atoms with Gasteiger partial charge in [0.15, 0.2) is 0 Å². The maximum Gasteiger partial charge on any atom is 0.123 e. The summed E-state index contributed by atoms with van der Waals surface area (Å²) in [6, 6.07) is 6.94. The molecule has 1 aromatic rings. The van der Waals surface area contributed by atoms with Crippen LogP contribution >= 0.6 is 31.9 Å². The first kappa shape index (κ1) is 15.3. The van der Waals surface area contributed by atoms with Gasteiger partial charge in [-0.1, -0.05) is 38.8 Å². The number of methoxy groups -OCH3 is 1. The van der Waals surface area contributed by atoms with Crippen molar-refractivity contribution in [2.75, 3.05) is 13.7 Å². The fourth-order valence-electron chi connectivity index (χ4n) is 2.83. The Balaban J connectivity index is 2.09. The highest BCUT2D eigenvalue weighted by molar-refractivity contribution is 9.10. The lowest BCUT2D eigenvalue weighted by Gasteiger charge is -2.26. The zero-order chi connectivity index (χ0) is 13.8. The molecule has 0 aliphatic carbocycles. The molecule has 1 aromatic carbocycles. The fraction of sp³-hybridized carbons (Fsp3) is 0.600. The van der Waals surface area contributed by atoms with Gasteiger partial charge in [-0.05, 0) is 44.0 Å². The molecule has 0 aromatic heterocycles. The van der Waals surface area contributed by atoms with Crippen molar-refractivity contribution in [3.63, 3.8) is 0 Å². The van der Waals surface area contributed by atoms with Gasteiger partial charge in [0.1, 0.15) is 5.75 Å². The topological polar surface area (TPSA) is 12.5 Å². The number of halogens is 2. The molecule has 106 valence electrons. The third-order valence-electron chi connectivity index (χ3n) is 3.71. The molecule has 0 N–H and O–H groups in total. The number of benzene rings is 1. The SMILES string of the molecule is COc1ccc(Br)cc1CN1CCCC1CC(C)Br. The normalized spacial score (nSPS) is 21.6. The van der Waals surface area contributed by atoms with Gasteiger partial charge in [-0.2, -0.15) is 0 Å². The van der Waals surface area contributed by atoms with Crippen LogP contribution in [0.15, 0.2) is 22.7 Å². The van der Waals surface area contributed by atoms with Gasteiger partial charge in [0.05, 0.1) is 7.11 Å². The van der Waals surface area contributed by atoms with Gasteiger partial charge >= 0.3 is 0 Å². The molecule has 1 heterocycles. The van der Waals surface area contributed by atoms with Crippen LogP contribution in [-0.2, 0) is 6.54 Å². The molecule has 1 aliphatic heterocycles. The summed E-state index contributed by atoms with van der Waals surface area (Å²) in [6.07, 6.45) is 3.84. The van der Waals surface area contributed by atoms with Crippen LogP contribution in [0.2, 0.25) is 0 Å². The average molecular weight is 391 g/mol. The number of rotatable bonds is 5. The second-order valence-corrected chi connectivity index (χ2v) is 7.72. The molecule has 0 radical (unpaired) electrons. The number of nitrogens with zero attached hydrogens (tertiary/aromatic N) is 1. The van der Waals surface area contributed by atoms with Gasteiger partial charge in [0.25, 0.3) is 0 Å². The molecule has 19 heavy (non-hydrogen) atoms. The first-order valence-electron chi connectivity index (χ1n) is 6.80. The molecule has 1 saturated heterocycles. The Hall–Kier alpha value is -0.0600. The van der Waals surface area contributed by atoms with Gasteiger partial charge in [-0.3, -0.25) is 4.90 Å². The Labute approximate surface area is 132 Å². The predicted octanol–water partition coefficient (Wildman–Crippen LogP) is 4.60. The summed E-state index contributed by atoms with van der Waals surface area (Å²) in [5.74, 6) is 0.987. The Bertz CT molecular complexity index is 423. The molecule has 0 amide bonds. The van der Waals surface area contributed by atoms with E-state index in [0.29, 0.717) is 10.9 Å². The summed E-state index contributed by atoms with van der Waals surface area (Å²) < 4.78 is 6.59. The highest BCUT2D eigenvalue weighted by Gasteiger charge is 2.26. The Kier molecular flexibility index (Phi) is 5.72. The summed E-state index contributed by atoms with van der Waals surface area (Å²) >= 11 is 7.23. The van der Waals surface area contributed by atoms with Crippen molar-refractivity contribution < 1.29 is 4.74 Å². The number of alkyl halides is 1. The van der Waals surface area contributed by atoms with Crippen molar-refractivity contribution in [2.24, 2.45) is 0 Å². The summed E-state index contributed by atoms with van der Waals surface area (Å²) in [5, 5.41) is 0. The minimum absolute atomic E-state index is 0.586. The Morgan fingerprint density at radius 2 is 2.26 bits per heavy atom. The van der Waals surface area contributed by atoms with Crippen LogP contribution in [0.4, 0.5) is 0 Å². The van der Waals surface area contributed by atoms with Crippen molar-refractivity contribution in [3.05, 3.63) is 28.2 Å². The third-order valence-corrected chi connectivity index (χ3v) is 4.58. The first-order valence-corrected chi connectivity index (χ1v) is 8.51. The zero-order valence-electron chi connectivity index (χ0n) is 11.5. The summed E-state index contributed by atoms with van der Waals surface area (Å²) in [7, 11) is 1.74. The summed E-state index contributed by atoms with van der Waals surface area (Å²) in [4.78, 5) is 3.17. The second kappa shape index (κ2) is 7.09. The predicted molar refractivity (Wildman–Crippen MR) is 87.1 cm³/mol. The number of hydrogen-bond donors (Lipinski definition) is 0. The third kappa shape index (κ3) is 4.20. The Morgan fingerprint density at radius 1 is 1.47 bits per heavy atom. The molecule has 2 unspecified atom stereocenters.